The summed E-state index contributed by atoms with van der Waals surface area (Å²) in [6, 6.07) is 3.47. The third kappa shape index (κ3) is 1.82. The zero-order chi connectivity index (χ0) is 12.5. The van der Waals surface area contributed by atoms with Crippen molar-refractivity contribution in [2.75, 3.05) is 36.5 Å². The van der Waals surface area contributed by atoms with Gasteiger partial charge in [-0.25, -0.2) is 9.78 Å². The zero-order valence-corrected chi connectivity index (χ0v) is 9.63. The summed E-state index contributed by atoms with van der Waals surface area (Å²) >= 11 is 0. The summed E-state index contributed by atoms with van der Waals surface area (Å²) in [5, 5.41) is 12.1. The molecule has 7 nitrogen and oxygen atoms in total. The molecule has 1 amide bonds. The number of hydrogen-bond donors (Lipinski definition) is 2. The molecule has 0 bridgehead atoms. The summed E-state index contributed by atoms with van der Waals surface area (Å²) in [5.41, 5.74) is 0. The number of rotatable bonds is 2. The van der Waals surface area contributed by atoms with Gasteiger partial charge in [0.1, 0.15) is 18.5 Å². The van der Waals surface area contributed by atoms with Crippen LogP contribution in [-0.4, -0.2) is 48.6 Å². The molecule has 7 heteroatoms. The van der Waals surface area contributed by atoms with E-state index in [0.29, 0.717) is 37.1 Å². The van der Waals surface area contributed by atoms with Gasteiger partial charge in [0.2, 0.25) is 0 Å². The monoisotopic (exact) mass is 251 g/mol. The lowest BCUT2D eigenvalue weighted by atomic mass is 10.3. The van der Waals surface area contributed by atoms with Crippen LogP contribution in [0.4, 0.5) is 16.4 Å². The number of aliphatic hydroxyl groups is 1. The number of cyclic esters (lactones) is 1. The van der Waals surface area contributed by atoms with E-state index in [0.717, 1.165) is 0 Å². The molecule has 0 radical (unpaired) electrons. The minimum Gasteiger partial charge on any atom is -0.488 e. The minimum absolute atomic E-state index is 0.186. The largest absolute Gasteiger partial charge is 0.488 e. The Morgan fingerprint density at radius 2 is 2.44 bits per heavy atom. The van der Waals surface area contributed by atoms with Gasteiger partial charge >= 0.3 is 6.09 Å². The Morgan fingerprint density at radius 3 is 3.22 bits per heavy atom. The number of ether oxygens (including phenoxy) is 2. The Morgan fingerprint density at radius 1 is 1.56 bits per heavy atom. The van der Waals surface area contributed by atoms with E-state index in [4.69, 9.17) is 14.6 Å². The number of pyridine rings is 1. The van der Waals surface area contributed by atoms with E-state index in [2.05, 4.69) is 10.3 Å². The average Bonchev–Trinajstić information content (AvgIpc) is 2.79. The summed E-state index contributed by atoms with van der Waals surface area (Å²) in [7, 11) is 0. The van der Waals surface area contributed by atoms with Gasteiger partial charge in [0, 0.05) is 0 Å². The molecule has 0 spiro atoms. The van der Waals surface area contributed by atoms with Gasteiger partial charge in [0.15, 0.2) is 11.6 Å². The number of aromatic nitrogens is 1. The fourth-order valence-corrected chi connectivity index (χ4v) is 1.96. The number of carbonyl (C=O) groups excluding carboxylic acids is 1. The number of fused-ring (bicyclic) bond motifs is 1. The molecule has 1 aromatic heterocycles. The summed E-state index contributed by atoms with van der Waals surface area (Å²) < 4.78 is 10.4. The molecule has 0 saturated carbocycles. The van der Waals surface area contributed by atoms with Gasteiger partial charge in [-0.05, 0) is 12.1 Å². The SMILES string of the molecule is O=C1OC(CO)CN1c1ccc2c(n1)NCCO2. The molecule has 3 heterocycles. The van der Waals surface area contributed by atoms with Crippen LogP contribution in [0, 0.1) is 0 Å². The number of carbonyl (C=O) groups is 1. The predicted molar refractivity (Wildman–Crippen MR) is 62.9 cm³/mol. The van der Waals surface area contributed by atoms with E-state index < -0.39 is 12.2 Å². The first kappa shape index (κ1) is 11.1. The third-order valence-corrected chi connectivity index (χ3v) is 2.85. The van der Waals surface area contributed by atoms with E-state index in [1.54, 1.807) is 12.1 Å². The maximum Gasteiger partial charge on any atom is 0.416 e. The number of hydrogen-bond acceptors (Lipinski definition) is 6. The van der Waals surface area contributed by atoms with Gasteiger partial charge in [0.05, 0.1) is 19.7 Å². The lowest BCUT2D eigenvalue weighted by Gasteiger charge is -2.20. The van der Waals surface area contributed by atoms with Crippen molar-refractivity contribution in [2.45, 2.75) is 6.10 Å². The van der Waals surface area contributed by atoms with Crippen LogP contribution < -0.4 is 15.0 Å². The van der Waals surface area contributed by atoms with E-state index >= 15 is 0 Å². The highest BCUT2D eigenvalue weighted by atomic mass is 16.6. The van der Waals surface area contributed by atoms with E-state index in [-0.39, 0.29) is 6.61 Å². The van der Waals surface area contributed by atoms with Gasteiger partial charge in [-0.2, -0.15) is 0 Å². The molecule has 18 heavy (non-hydrogen) atoms. The summed E-state index contributed by atoms with van der Waals surface area (Å²) in [6.45, 7) is 1.41. The van der Waals surface area contributed by atoms with E-state index in [1.165, 1.54) is 4.90 Å². The Labute approximate surface area is 103 Å². The smallest absolute Gasteiger partial charge is 0.416 e. The molecule has 1 aromatic rings. The second-order valence-corrected chi connectivity index (χ2v) is 4.09. The Kier molecular flexibility index (Phi) is 2.67. The molecular formula is C11H13N3O4. The molecule has 1 fully saturated rings. The quantitative estimate of drug-likeness (QED) is 0.781. The molecule has 96 valence electrons. The van der Waals surface area contributed by atoms with Crippen molar-refractivity contribution < 1.29 is 19.4 Å². The van der Waals surface area contributed by atoms with Crippen LogP contribution in [0.3, 0.4) is 0 Å². The van der Waals surface area contributed by atoms with Crippen LogP contribution >= 0.6 is 0 Å². The number of nitrogens with one attached hydrogen (secondary N) is 1. The van der Waals surface area contributed by atoms with Crippen LogP contribution in [0.25, 0.3) is 0 Å². The van der Waals surface area contributed by atoms with Crippen LogP contribution in [-0.2, 0) is 4.74 Å². The van der Waals surface area contributed by atoms with Crippen molar-refractivity contribution in [3.05, 3.63) is 12.1 Å². The predicted octanol–water partition coefficient (Wildman–Crippen LogP) is 0.203. The Balaban J connectivity index is 1.86. The summed E-state index contributed by atoms with van der Waals surface area (Å²) in [5.74, 6) is 1.79. The van der Waals surface area contributed by atoms with E-state index in [9.17, 15) is 4.79 Å². The van der Waals surface area contributed by atoms with Crippen LogP contribution in [0.15, 0.2) is 12.1 Å². The standard InChI is InChI=1S/C11H13N3O4/c15-6-7-5-14(11(16)18-7)9-2-1-8-10(13-9)12-3-4-17-8/h1-2,7,15H,3-6H2,(H,12,13). The first-order valence-electron chi connectivity index (χ1n) is 5.74. The molecule has 1 atom stereocenters. The fourth-order valence-electron chi connectivity index (χ4n) is 1.96. The lowest BCUT2D eigenvalue weighted by molar-refractivity contribution is 0.0963. The summed E-state index contributed by atoms with van der Waals surface area (Å²) in [6.07, 6.45) is -0.974. The first-order chi connectivity index (χ1) is 8.78. The number of anilines is 2. The molecule has 0 aromatic carbocycles. The second-order valence-electron chi connectivity index (χ2n) is 4.09. The van der Waals surface area contributed by atoms with Crippen molar-refractivity contribution in [3.63, 3.8) is 0 Å². The summed E-state index contributed by atoms with van der Waals surface area (Å²) in [4.78, 5) is 17.3. The number of aliphatic hydroxyl groups excluding tert-OH is 1. The van der Waals surface area contributed by atoms with Gasteiger partial charge in [-0.3, -0.25) is 4.90 Å². The minimum atomic E-state index is -0.488. The highest BCUT2D eigenvalue weighted by Gasteiger charge is 2.33. The van der Waals surface area contributed by atoms with Crippen molar-refractivity contribution in [2.24, 2.45) is 0 Å². The van der Waals surface area contributed by atoms with Crippen molar-refractivity contribution in [1.82, 2.24) is 4.98 Å². The maximum absolute atomic E-state index is 11.6. The van der Waals surface area contributed by atoms with Crippen LogP contribution in [0.5, 0.6) is 5.75 Å². The normalized spacial score (nSPS) is 21.9. The van der Waals surface area contributed by atoms with Crippen LogP contribution in [0.2, 0.25) is 0 Å². The van der Waals surface area contributed by atoms with E-state index in [1.807, 2.05) is 0 Å². The van der Waals surface area contributed by atoms with Gasteiger partial charge in [-0.1, -0.05) is 0 Å². The zero-order valence-electron chi connectivity index (χ0n) is 9.63. The molecule has 2 aliphatic rings. The van der Waals surface area contributed by atoms with Crippen molar-refractivity contribution >= 4 is 17.7 Å². The number of nitrogens with zero attached hydrogens (tertiary/aromatic N) is 2. The fraction of sp³-hybridized carbons (Fsp3) is 0.455. The van der Waals surface area contributed by atoms with Crippen LogP contribution in [0.1, 0.15) is 0 Å². The Hall–Kier alpha value is -2.02. The third-order valence-electron chi connectivity index (χ3n) is 2.85. The van der Waals surface area contributed by atoms with Gasteiger partial charge < -0.3 is 19.9 Å². The molecule has 1 unspecified atom stereocenters. The first-order valence-corrected chi connectivity index (χ1v) is 5.74. The highest BCUT2D eigenvalue weighted by Crippen LogP contribution is 2.29. The number of amides is 1. The second kappa shape index (κ2) is 4.34. The topological polar surface area (TPSA) is 83.9 Å². The molecule has 3 rings (SSSR count). The molecular weight excluding hydrogens is 238 g/mol. The van der Waals surface area contributed by atoms with Crippen molar-refractivity contribution in [3.8, 4) is 5.75 Å². The molecule has 2 N–H and O–H groups in total. The molecule has 2 aliphatic heterocycles. The lowest BCUT2D eigenvalue weighted by Crippen LogP contribution is -2.27. The van der Waals surface area contributed by atoms with Gasteiger partial charge in [0.25, 0.3) is 0 Å². The maximum atomic E-state index is 11.6. The average molecular weight is 251 g/mol. The molecule has 0 aliphatic carbocycles. The van der Waals surface area contributed by atoms with Crippen molar-refractivity contribution in [1.29, 1.82) is 0 Å². The molecule has 1 saturated heterocycles. The Bertz CT molecular complexity index is 479. The van der Waals surface area contributed by atoms with Gasteiger partial charge in [-0.15, -0.1) is 0 Å². The highest BCUT2D eigenvalue weighted by molar-refractivity contribution is 5.89.